The standard InChI is InChI=1S/C20H16N6O4S/c1-12-10-30-18(13(12)2)24-31(28,29)15-5-3-14(4-6-15)25-8-7-17-16(19(25)27)9-21-20-22-11-23-26(17)20/h3-11,24H,1-2H3. The molecule has 0 unspecified atom stereocenters. The van der Waals surface area contributed by atoms with Gasteiger partial charge in [0.1, 0.15) is 6.33 Å². The lowest BCUT2D eigenvalue weighted by molar-refractivity contribution is 0.573. The van der Waals surface area contributed by atoms with Crippen LogP contribution in [0.4, 0.5) is 5.88 Å². The summed E-state index contributed by atoms with van der Waals surface area (Å²) in [4.78, 5) is 21.2. The maximum atomic E-state index is 13.0. The van der Waals surface area contributed by atoms with Crippen LogP contribution in [-0.2, 0) is 10.0 Å². The van der Waals surface area contributed by atoms with Crippen LogP contribution in [0.5, 0.6) is 0 Å². The number of nitrogens with one attached hydrogen (secondary N) is 1. The lowest BCUT2D eigenvalue weighted by atomic mass is 10.2. The summed E-state index contributed by atoms with van der Waals surface area (Å²) in [5.74, 6) is 0.577. The molecule has 0 fully saturated rings. The maximum Gasteiger partial charge on any atom is 0.266 e. The van der Waals surface area contributed by atoms with Crippen molar-refractivity contribution < 1.29 is 12.8 Å². The van der Waals surface area contributed by atoms with Crippen molar-refractivity contribution in [3.63, 3.8) is 0 Å². The molecule has 0 saturated heterocycles. The highest BCUT2D eigenvalue weighted by atomic mass is 32.2. The van der Waals surface area contributed by atoms with Crippen molar-refractivity contribution >= 4 is 32.6 Å². The van der Waals surface area contributed by atoms with Gasteiger partial charge in [0.15, 0.2) is 0 Å². The van der Waals surface area contributed by atoms with Crippen molar-refractivity contribution in [3.8, 4) is 5.69 Å². The number of rotatable bonds is 4. The third kappa shape index (κ3) is 3.06. The van der Waals surface area contributed by atoms with Gasteiger partial charge in [0.05, 0.1) is 22.1 Å². The zero-order valence-corrected chi connectivity index (χ0v) is 17.3. The van der Waals surface area contributed by atoms with Gasteiger partial charge in [0.2, 0.25) is 5.88 Å². The van der Waals surface area contributed by atoms with Gasteiger partial charge in [-0.2, -0.15) is 14.6 Å². The summed E-state index contributed by atoms with van der Waals surface area (Å²) in [6, 6.07) is 7.71. The average Bonchev–Trinajstić information content (AvgIpc) is 3.36. The number of pyridine rings is 1. The third-order valence-electron chi connectivity index (χ3n) is 5.11. The Bertz CT molecular complexity index is 1610. The van der Waals surface area contributed by atoms with Gasteiger partial charge in [-0.05, 0) is 49.7 Å². The fourth-order valence-corrected chi connectivity index (χ4v) is 4.30. The molecule has 0 saturated carbocycles. The summed E-state index contributed by atoms with van der Waals surface area (Å²) >= 11 is 0. The molecule has 1 aromatic carbocycles. The SMILES string of the molecule is Cc1coc(NS(=O)(=O)c2ccc(-n3ccc4c(cnc5ncnn54)c3=O)cc2)c1C. The summed E-state index contributed by atoms with van der Waals surface area (Å²) in [7, 11) is -3.84. The minimum atomic E-state index is -3.84. The molecule has 0 aliphatic rings. The first kappa shape index (κ1) is 19.0. The Morgan fingerprint density at radius 2 is 1.84 bits per heavy atom. The first-order chi connectivity index (χ1) is 14.8. The Morgan fingerprint density at radius 1 is 1.06 bits per heavy atom. The lowest BCUT2D eigenvalue weighted by Crippen LogP contribution is -2.19. The molecular weight excluding hydrogens is 420 g/mol. The Labute approximate surface area is 175 Å². The molecule has 0 bridgehead atoms. The predicted octanol–water partition coefficient (Wildman–Crippen LogP) is 2.44. The first-order valence-electron chi connectivity index (χ1n) is 9.23. The smallest absolute Gasteiger partial charge is 0.266 e. The molecule has 5 aromatic rings. The second-order valence-electron chi connectivity index (χ2n) is 6.99. The molecular formula is C20H16N6O4S. The van der Waals surface area contributed by atoms with Gasteiger partial charge < -0.3 is 4.42 Å². The number of aryl methyl sites for hydroxylation is 1. The molecule has 5 rings (SSSR count). The van der Waals surface area contributed by atoms with Crippen molar-refractivity contribution in [2.75, 3.05) is 4.72 Å². The molecule has 0 spiro atoms. The second-order valence-corrected chi connectivity index (χ2v) is 8.67. The van der Waals surface area contributed by atoms with Crippen molar-refractivity contribution in [2.24, 2.45) is 0 Å². The third-order valence-corrected chi connectivity index (χ3v) is 6.46. The minimum absolute atomic E-state index is 0.0459. The van der Waals surface area contributed by atoms with Crippen molar-refractivity contribution in [1.29, 1.82) is 0 Å². The Hall–Kier alpha value is -3.99. The second kappa shape index (κ2) is 6.77. The number of hydrogen-bond acceptors (Lipinski definition) is 7. The molecule has 0 radical (unpaired) electrons. The van der Waals surface area contributed by atoms with Crippen molar-refractivity contribution in [2.45, 2.75) is 18.7 Å². The van der Waals surface area contributed by atoms with Crippen LogP contribution in [0.3, 0.4) is 0 Å². The number of aromatic nitrogens is 5. The zero-order chi connectivity index (χ0) is 21.8. The van der Waals surface area contributed by atoms with Crippen LogP contribution in [0, 0.1) is 13.8 Å². The van der Waals surface area contributed by atoms with E-state index < -0.39 is 10.0 Å². The highest BCUT2D eigenvalue weighted by Crippen LogP contribution is 2.24. The molecule has 0 amide bonds. The van der Waals surface area contributed by atoms with E-state index in [9.17, 15) is 13.2 Å². The molecule has 10 nitrogen and oxygen atoms in total. The van der Waals surface area contributed by atoms with Gasteiger partial charge in [0, 0.05) is 23.6 Å². The normalized spacial score (nSPS) is 11.9. The van der Waals surface area contributed by atoms with Gasteiger partial charge in [-0.25, -0.2) is 18.1 Å². The van der Waals surface area contributed by atoms with E-state index in [4.69, 9.17) is 4.42 Å². The number of fused-ring (bicyclic) bond motifs is 3. The number of hydrogen-bond donors (Lipinski definition) is 1. The van der Waals surface area contributed by atoms with E-state index in [1.54, 1.807) is 31.3 Å². The number of nitrogens with zero attached hydrogens (tertiary/aromatic N) is 5. The molecule has 0 atom stereocenters. The van der Waals surface area contributed by atoms with Gasteiger partial charge in [0.25, 0.3) is 21.4 Å². The summed E-state index contributed by atoms with van der Waals surface area (Å²) < 4.78 is 36.0. The van der Waals surface area contributed by atoms with Crippen LogP contribution in [0.15, 0.2) is 69.4 Å². The monoisotopic (exact) mass is 436 g/mol. The van der Waals surface area contributed by atoms with Gasteiger partial charge in [-0.1, -0.05) is 0 Å². The first-order valence-corrected chi connectivity index (χ1v) is 10.7. The molecule has 156 valence electrons. The average molecular weight is 436 g/mol. The minimum Gasteiger partial charge on any atom is -0.447 e. The molecule has 1 N–H and O–H groups in total. The molecule has 0 aliphatic heterocycles. The number of anilines is 1. The Balaban J connectivity index is 1.52. The van der Waals surface area contributed by atoms with E-state index in [-0.39, 0.29) is 16.3 Å². The fraction of sp³-hybridized carbons (Fsp3) is 0.100. The Kier molecular flexibility index (Phi) is 4.15. The van der Waals surface area contributed by atoms with E-state index >= 15 is 0 Å². The zero-order valence-electron chi connectivity index (χ0n) is 16.5. The van der Waals surface area contributed by atoms with E-state index in [1.807, 2.05) is 6.92 Å². The highest BCUT2D eigenvalue weighted by molar-refractivity contribution is 7.92. The van der Waals surface area contributed by atoms with Crippen LogP contribution >= 0.6 is 0 Å². The number of sulfonamides is 1. The predicted molar refractivity (Wildman–Crippen MR) is 113 cm³/mol. The van der Waals surface area contributed by atoms with Gasteiger partial charge in [-0.3, -0.25) is 9.36 Å². The van der Waals surface area contributed by atoms with Crippen LogP contribution in [0.1, 0.15) is 11.1 Å². The van der Waals surface area contributed by atoms with Crippen molar-refractivity contribution in [3.05, 3.63) is 76.8 Å². The molecule has 11 heteroatoms. The van der Waals surface area contributed by atoms with E-state index in [1.165, 1.54) is 40.0 Å². The summed E-state index contributed by atoms with van der Waals surface area (Å²) in [6.45, 7) is 3.60. The van der Waals surface area contributed by atoms with Crippen LogP contribution in [0.2, 0.25) is 0 Å². The lowest BCUT2D eigenvalue weighted by Gasteiger charge is -2.10. The summed E-state index contributed by atoms with van der Waals surface area (Å²) in [5.41, 5.74) is 2.35. The number of furan rings is 1. The molecule has 4 aromatic heterocycles. The van der Waals surface area contributed by atoms with E-state index in [2.05, 4.69) is 19.8 Å². The molecule has 0 aliphatic carbocycles. The maximum absolute atomic E-state index is 13.0. The Morgan fingerprint density at radius 3 is 2.55 bits per heavy atom. The summed E-state index contributed by atoms with van der Waals surface area (Å²) in [6.07, 6.45) is 5.91. The van der Waals surface area contributed by atoms with Crippen LogP contribution in [-0.4, -0.2) is 32.6 Å². The largest absolute Gasteiger partial charge is 0.447 e. The fourth-order valence-electron chi connectivity index (χ4n) is 3.24. The topological polar surface area (TPSA) is 124 Å². The van der Waals surface area contributed by atoms with E-state index in [0.29, 0.717) is 22.4 Å². The van der Waals surface area contributed by atoms with Crippen LogP contribution < -0.4 is 10.3 Å². The highest BCUT2D eigenvalue weighted by Gasteiger charge is 2.18. The van der Waals surface area contributed by atoms with E-state index in [0.717, 1.165) is 11.1 Å². The molecule has 31 heavy (non-hydrogen) atoms. The summed E-state index contributed by atoms with van der Waals surface area (Å²) in [5, 5.41) is 4.45. The van der Waals surface area contributed by atoms with Gasteiger partial charge in [-0.15, -0.1) is 0 Å². The van der Waals surface area contributed by atoms with Crippen LogP contribution in [0.25, 0.3) is 22.4 Å². The number of benzene rings is 1. The molecule has 4 heterocycles. The van der Waals surface area contributed by atoms with Crippen molar-refractivity contribution in [1.82, 2.24) is 24.1 Å². The quantitative estimate of drug-likeness (QED) is 0.459. The van der Waals surface area contributed by atoms with Gasteiger partial charge >= 0.3 is 0 Å².